The second kappa shape index (κ2) is 9.37. The van der Waals surface area contributed by atoms with Gasteiger partial charge in [0.1, 0.15) is 0 Å². The summed E-state index contributed by atoms with van der Waals surface area (Å²) >= 11 is 0. The number of rotatable bonds is 7. The lowest BCUT2D eigenvalue weighted by atomic mass is 9.97. The third kappa shape index (κ3) is 5.02. The van der Waals surface area contributed by atoms with Crippen molar-refractivity contribution in [3.05, 3.63) is 59.7 Å². The number of hydrogen-bond acceptors (Lipinski definition) is 4. The standard InChI is InChI=1S/C23H26N2O4/c1-3-16(2)19-10-4-5-11-20(19)24-21(26)15-29-23(28)17-8-6-9-18(14-17)25-13-7-12-22(25)27/h4-6,8-11,14,16H,3,7,12-13,15H2,1-2H3,(H,24,26)/t16-/m0/s1. The first-order valence-corrected chi connectivity index (χ1v) is 9.96. The van der Waals surface area contributed by atoms with E-state index in [-0.39, 0.29) is 18.4 Å². The highest BCUT2D eigenvalue weighted by Crippen LogP contribution is 2.26. The fraction of sp³-hybridized carbons (Fsp3) is 0.348. The normalized spacial score (nSPS) is 14.6. The molecule has 1 N–H and O–H groups in total. The number of nitrogens with one attached hydrogen (secondary N) is 1. The molecule has 0 aliphatic carbocycles. The fourth-order valence-corrected chi connectivity index (χ4v) is 3.38. The van der Waals surface area contributed by atoms with Gasteiger partial charge >= 0.3 is 5.97 Å². The van der Waals surface area contributed by atoms with Gasteiger partial charge in [-0.2, -0.15) is 0 Å². The van der Waals surface area contributed by atoms with Gasteiger partial charge in [0.2, 0.25) is 5.91 Å². The van der Waals surface area contributed by atoms with Crippen LogP contribution in [0.5, 0.6) is 0 Å². The minimum absolute atomic E-state index is 0.0508. The lowest BCUT2D eigenvalue weighted by Gasteiger charge is -2.16. The molecule has 0 spiro atoms. The van der Waals surface area contributed by atoms with E-state index in [1.165, 1.54) is 0 Å². The molecular formula is C23H26N2O4. The van der Waals surface area contributed by atoms with Gasteiger partial charge in [0, 0.05) is 24.3 Å². The zero-order valence-electron chi connectivity index (χ0n) is 16.8. The molecule has 0 unspecified atom stereocenters. The number of nitrogens with zero attached hydrogens (tertiary/aromatic N) is 1. The number of ether oxygens (including phenoxy) is 1. The van der Waals surface area contributed by atoms with E-state index in [0.717, 1.165) is 24.1 Å². The molecular weight excluding hydrogens is 368 g/mol. The molecule has 0 saturated carbocycles. The average Bonchev–Trinajstić information content (AvgIpc) is 3.18. The number of esters is 1. The Hall–Kier alpha value is -3.15. The number of amides is 2. The van der Waals surface area contributed by atoms with Crippen LogP contribution in [0.25, 0.3) is 0 Å². The predicted molar refractivity (Wildman–Crippen MR) is 112 cm³/mol. The van der Waals surface area contributed by atoms with Gasteiger partial charge in [-0.15, -0.1) is 0 Å². The number of carbonyl (C=O) groups excluding carboxylic acids is 3. The molecule has 152 valence electrons. The lowest BCUT2D eigenvalue weighted by Crippen LogP contribution is -2.24. The maximum Gasteiger partial charge on any atom is 0.338 e. The van der Waals surface area contributed by atoms with Gasteiger partial charge in [0.05, 0.1) is 5.56 Å². The molecule has 2 aromatic rings. The van der Waals surface area contributed by atoms with Crippen molar-refractivity contribution in [2.75, 3.05) is 23.4 Å². The van der Waals surface area contributed by atoms with Crippen molar-refractivity contribution < 1.29 is 19.1 Å². The highest BCUT2D eigenvalue weighted by atomic mass is 16.5. The molecule has 3 rings (SSSR count). The van der Waals surface area contributed by atoms with Crippen LogP contribution in [0.1, 0.15) is 54.9 Å². The van der Waals surface area contributed by atoms with Gasteiger partial charge in [-0.05, 0) is 48.6 Å². The van der Waals surface area contributed by atoms with Crippen molar-refractivity contribution in [2.24, 2.45) is 0 Å². The Morgan fingerprint density at radius 3 is 2.69 bits per heavy atom. The van der Waals surface area contributed by atoms with Gasteiger partial charge in [-0.25, -0.2) is 4.79 Å². The van der Waals surface area contributed by atoms with Crippen LogP contribution in [0.3, 0.4) is 0 Å². The van der Waals surface area contributed by atoms with Gasteiger partial charge in [0.15, 0.2) is 6.61 Å². The first kappa shape index (κ1) is 20.6. The maximum atomic E-state index is 12.4. The van der Waals surface area contributed by atoms with Crippen molar-refractivity contribution in [3.63, 3.8) is 0 Å². The zero-order chi connectivity index (χ0) is 20.8. The number of hydrogen-bond donors (Lipinski definition) is 1. The number of para-hydroxylation sites is 1. The van der Waals surface area contributed by atoms with Crippen LogP contribution in [0, 0.1) is 0 Å². The van der Waals surface area contributed by atoms with Gasteiger partial charge in [0.25, 0.3) is 5.91 Å². The van der Waals surface area contributed by atoms with E-state index in [1.807, 2.05) is 24.3 Å². The summed E-state index contributed by atoms with van der Waals surface area (Å²) in [5.41, 5.74) is 2.78. The molecule has 0 bridgehead atoms. The van der Waals surface area contributed by atoms with E-state index in [0.29, 0.717) is 30.1 Å². The summed E-state index contributed by atoms with van der Waals surface area (Å²) in [5, 5.41) is 2.83. The summed E-state index contributed by atoms with van der Waals surface area (Å²) in [7, 11) is 0. The molecule has 6 heteroatoms. The topological polar surface area (TPSA) is 75.7 Å². The lowest BCUT2D eigenvalue weighted by molar-refractivity contribution is -0.119. The molecule has 1 saturated heterocycles. The molecule has 2 aromatic carbocycles. The van der Waals surface area contributed by atoms with E-state index < -0.39 is 5.97 Å². The van der Waals surface area contributed by atoms with Crippen LogP contribution in [-0.4, -0.2) is 30.9 Å². The largest absolute Gasteiger partial charge is 0.452 e. The third-order valence-corrected chi connectivity index (χ3v) is 5.18. The second-order valence-electron chi connectivity index (χ2n) is 7.22. The maximum absolute atomic E-state index is 12.4. The highest BCUT2D eigenvalue weighted by molar-refractivity contribution is 5.98. The minimum atomic E-state index is -0.594. The molecule has 0 radical (unpaired) electrons. The van der Waals surface area contributed by atoms with Crippen LogP contribution in [-0.2, 0) is 14.3 Å². The smallest absolute Gasteiger partial charge is 0.338 e. The second-order valence-corrected chi connectivity index (χ2v) is 7.22. The van der Waals surface area contributed by atoms with Crippen molar-refractivity contribution >= 4 is 29.2 Å². The highest BCUT2D eigenvalue weighted by Gasteiger charge is 2.22. The molecule has 2 amide bonds. The van der Waals surface area contributed by atoms with Crippen molar-refractivity contribution in [2.45, 2.75) is 39.0 Å². The number of carbonyl (C=O) groups is 3. The Morgan fingerprint density at radius 1 is 1.17 bits per heavy atom. The van der Waals surface area contributed by atoms with Gasteiger partial charge in [-0.1, -0.05) is 38.1 Å². The van der Waals surface area contributed by atoms with E-state index >= 15 is 0 Å². The first-order valence-electron chi connectivity index (χ1n) is 9.96. The van der Waals surface area contributed by atoms with E-state index in [4.69, 9.17) is 4.74 Å². The van der Waals surface area contributed by atoms with E-state index in [9.17, 15) is 14.4 Å². The Morgan fingerprint density at radius 2 is 1.97 bits per heavy atom. The molecule has 6 nitrogen and oxygen atoms in total. The third-order valence-electron chi connectivity index (χ3n) is 5.18. The monoisotopic (exact) mass is 394 g/mol. The molecule has 1 aliphatic heterocycles. The Kier molecular flexibility index (Phi) is 6.65. The molecule has 29 heavy (non-hydrogen) atoms. The molecule has 1 fully saturated rings. The van der Waals surface area contributed by atoms with Crippen LogP contribution in [0.15, 0.2) is 48.5 Å². The quantitative estimate of drug-likeness (QED) is 0.717. The van der Waals surface area contributed by atoms with E-state index in [1.54, 1.807) is 29.2 Å². The molecule has 0 aromatic heterocycles. The summed E-state index contributed by atoms with van der Waals surface area (Å²) in [6.07, 6.45) is 2.29. The van der Waals surface area contributed by atoms with Crippen molar-refractivity contribution in [3.8, 4) is 0 Å². The number of anilines is 2. The van der Waals surface area contributed by atoms with Crippen molar-refractivity contribution in [1.82, 2.24) is 0 Å². The fourth-order valence-electron chi connectivity index (χ4n) is 3.38. The van der Waals surface area contributed by atoms with Crippen LogP contribution >= 0.6 is 0 Å². The number of benzene rings is 2. The summed E-state index contributed by atoms with van der Waals surface area (Å²) in [4.78, 5) is 38.2. The van der Waals surface area contributed by atoms with Crippen LogP contribution in [0.4, 0.5) is 11.4 Å². The SMILES string of the molecule is CC[C@H](C)c1ccccc1NC(=O)COC(=O)c1cccc(N2CCCC2=O)c1. The Bertz CT molecular complexity index is 909. The average molecular weight is 394 g/mol. The Labute approximate surface area is 170 Å². The Balaban J connectivity index is 1.60. The summed E-state index contributed by atoms with van der Waals surface area (Å²) < 4.78 is 5.18. The zero-order valence-corrected chi connectivity index (χ0v) is 16.8. The molecule has 1 aliphatic rings. The summed E-state index contributed by atoms with van der Waals surface area (Å²) in [6, 6.07) is 14.4. The minimum Gasteiger partial charge on any atom is -0.452 e. The molecule has 1 atom stereocenters. The first-order chi connectivity index (χ1) is 14.0. The predicted octanol–water partition coefficient (Wildman–Crippen LogP) is 4.12. The summed E-state index contributed by atoms with van der Waals surface area (Å²) in [5.74, 6) is -0.621. The summed E-state index contributed by atoms with van der Waals surface area (Å²) in [6.45, 7) is 4.47. The van der Waals surface area contributed by atoms with Crippen molar-refractivity contribution in [1.29, 1.82) is 0 Å². The van der Waals surface area contributed by atoms with Crippen LogP contribution in [0.2, 0.25) is 0 Å². The van der Waals surface area contributed by atoms with Gasteiger partial charge < -0.3 is 15.0 Å². The van der Waals surface area contributed by atoms with Gasteiger partial charge in [-0.3, -0.25) is 9.59 Å². The van der Waals surface area contributed by atoms with E-state index in [2.05, 4.69) is 19.2 Å². The molecule has 1 heterocycles. The van der Waals surface area contributed by atoms with Crippen LogP contribution < -0.4 is 10.2 Å².